The van der Waals surface area contributed by atoms with Gasteiger partial charge in [-0.15, -0.1) is 11.3 Å². The summed E-state index contributed by atoms with van der Waals surface area (Å²) in [7, 11) is 0. The van der Waals surface area contributed by atoms with Crippen LogP contribution in [0.2, 0.25) is 0 Å². The summed E-state index contributed by atoms with van der Waals surface area (Å²) in [5.41, 5.74) is 1.57. The molecule has 0 N–H and O–H groups in total. The number of hydrogen-bond acceptors (Lipinski definition) is 4. The summed E-state index contributed by atoms with van der Waals surface area (Å²) in [6.45, 7) is 6.48. The SMILES string of the molecule is Cc1nc(C)c(CC(=O)N2CCN(c3ccccc3F)CC2)s1. The molecular formula is C17H20FN3OS. The molecule has 4 nitrogen and oxygen atoms in total. The number of aryl methyl sites for hydroxylation is 2. The number of rotatable bonds is 3. The second-order valence-corrected chi connectivity index (χ2v) is 7.03. The van der Waals surface area contributed by atoms with E-state index in [1.807, 2.05) is 29.7 Å². The fourth-order valence-corrected chi connectivity index (χ4v) is 3.82. The minimum absolute atomic E-state index is 0.130. The van der Waals surface area contributed by atoms with Crippen LogP contribution in [-0.4, -0.2) is 42.0 Å². The van der Waals surface area contributed by atoms with Gasteiger partial charge in [0.2, 0.25) is 5.91 Å². The molecule has 0 spiro atoms. The van der Waals surface area contributed by atoms with Crippen LogP contribution in [0.25, 0.3) is 0 Å². The van der Waals surface area contributed by atoms with E-state index in [4.69, 9.17) is 0 Å². The number of amides is 1. The Hall–Kier alpha value is -1.95. The third kappa shape index (κ3) is 3.52. The lowest BCUT2D eigenvalue weighted by Gasteiger charge is -2.36. The van der Waals surface area contributed by atoms with Gasteiger partial charge in [-0.2, -0.15) is 0 Å². The van der Waals surface area contributed by atoms with Gasteiger partial charge in [-0.1, -0.05) is 12.1 Å². The van der Waals surface area contributed by atoms with Crippen LogP contribution in [0.5, 0.6) is 0 Å². The van der Waals surface area contributed by atoms with Gasteiger partial charge in [-0.05, 0) is 26.0 Å². The molecule has 0 atom stereocenters. The highest BCUT2D eigenvalue weighted by Crippen LogP contribution is 2.22. The second-order valence-electron chi connectivity index (χ2n) is 5.74. The lowest BCUT2D eigenvalue weighted by molar-refractivity contribution is -0.130. The summed E-state index contributed by atoms with van der Waals surface area (Å²) in [4.78, 5) is 21.7. The molecule has 1 aromatic carbocycles. The summed E-state index contributed by atoms with van der Waals surface area (Å²) in [5, 5.41) is 0.995. The number of aromatic nitrogens is 1. The van der Waals surface area contributed by atoms with E-state index < -0.39 is 0 Å². The van der Waals surface area contributed by atoms with E-state index >= 15 is 0 Å². The van der Waals surface area contributed by atoms with Crippen LogP contribution < -0.4 is 4.90 Å². The van der Waals surface area contributed by atoms with Gasteiger partial charge in [-0.25, -0.2) is 9.37 Å². The van der Waals surface area contributed by atoms with E-state index in [2.05, 4.69) is 4.98 Å². The number of hydrogen-bond donors (Lipinski definition) is 0. The Morgan fingerprint density at radius 1 is 1.22 bits per heavy atom. The maximum absolute atomic E-state index is 13.8. The predicted molar refractivity (Wildman–Crippen MR) is 90.5 cm³/mol. The Balaban J connectivity index is 1.59. The highest BCUT2D eigenvalue weighted by molar-refractivity contribution is 7.11. The maximum atomic E-state index is 13.8. The van der Waals surface area contributed by atoms with Crippen LogP contribution in [0.15, 0.2) is 24.3 Å². The Morgan fingerprint density at radius 2 is 1.91 bits per heavy atom. The minimum atomic E-state index is -0.206. The summed E-state index contributed by atoms with van der Waals surface area (Å²) >= 11 is 1.59. The molecule has 1 amide bonds. The molecule has 0 saturated carbocycles. The number of thiazole rings is 1. The number of piperazine rings is 1. The van der Waals surface area contributed by atoms with Crippen LogP contribution in [0, 0.1) is 19.7 Å². The number of benzene rings is 1. The van der Waals surface area contributed by atoms with Crippen molar-refractivity contribution in [1.29, 1.82) is 0 Å². The third-order valence-corrected chi connectivity index (χ3v) is 5.21. The molecule has 0 aliphatic carbocycles. The average Bonchev–Trinajstić information content (AvgIpc) is 2.85. The molecule has 1 aromatic heterocycles. The standard InChI is InChI=1S/C17H20FN3OS/c1-12-16(23-13(2)19-12)11-17(22)21-9-7-20(8-10-21)15-6-4-3-5-14(15)18/h3-6H,7-11H2,1-2H3. The van der Waals surface area contributed by atoms with Gasteiger partial charge in [0.15, 0.2) is 0 Å². The minimum Gasteiger partial charge on any atom is -0.366 e. The summed E-state index contributed by atoms with van der Waals surface area (Å²) in [6.07, 6.45) is 0.414. The molecule has 0 bridgehead atoms. The van der Waals surface area contributed by atoms with Crippen molar-refractivity contribution in [3.8, 4) is 0 Å². The Kier molecular flexibility index (Phi) is 4.61. The van der Waals surface area contributed by atoms with Crippen molar-refractivity contribution in [2.45, 2.75) is 20.3 Å². The lowest BCUT2D eigenvalue weighted by atomic mass is 10.2. The molecule has 122 valence electrons. The smallest absolute Gasteiger partial charge is 0.228 e. The van der Waals surface area contributed by atoms with Gasteiger partial charge in [0.1, 0.15) is 5.82 Å². The molecule has 1 aliphatic heterocycles. The molecular weight excluding hydrogens is 313 g/mol. The summed E-state index contributed by atoms with van der Waals surface area (Å²) in [6, 6.07) is 6.79. The normalized spacial score (nSPS) is 15.1. The third-order valence-electron chi connectivity index (χ3n) is 4.14. The lowest BCUT2D eigenvalue weighted by Crippen LogP contribution is -2.49. The molecule has 1 saturated heterocycles. The first-order chi connectivity index (χ1) is 11.0. The Labute approximate surface area is 139 Å². The first kappa shape index (κ1) is 15.9. The van der Waals surface area contributed by atoms with E-state index in [-0.39, 0.29) is 11.7 Å². The van der Waals surface area contributed by atoms with Crippen molar-refractivity contribution < 1.29 is 9.18 Å². The average molecular weight is 333 g/mol. The van der Waals surface area contributed by atoms with E-state index in [9.17, 15) is 9.18 Å². The van der Waals surface area contributed by atoms with E-state index in [0.717, 1.165) is 15.6 Å². The predicted octanol–water partition coefficient (Wildman–Crippen LogP) is 2.79. The number of carbonyl (C=O) groups excluding carboxylic acids is 1. The van der Waals surface area contributed by atoms with E-state index in [1.54, 1.807) is 23.5 Å². The largest absolute Gasteiger partial charge is 0.366 e. The molecule has 1 fully saturated rings. The number of anilines is 1. The van der Waals surface area contributed by atoms with Crippen molar-refractivity contribution in [1.82, 2.24) is 9.88 Å². The van der Waals surface area contributed by atoms with Gasteiger partial charge in [0, 0.05) is 31.1 Å². The highest BCUT2D eigenvalue weighted by atomic mass is 32.1. The van der Waals surface area contributed by atoms with Gasteiger partial charge in [0.25, 0.3) is 0 Å². The number of para-hydroxylation sites is 1. The van der Waals surface area contributed by atoms with Crippen LogP contribution >= 0.6 is 11.3 Å². The van der Waals surface area contributed by atoms with Gasteiger partial charge < -0.3 is 9.80 Å². The van der Waals surface area contributed by atoms with E-state index in [1.165, 1.54) is 6.07 Å². The topological polar surface area (TPSA) is 36.4 Å². The Morgan fingerprint density at radius 3 is 2.52 bits per heavy atom. The molecule has 2 heterocycles. The maximum Gasteiger partial charge on any atom is 0.228 e. The summed E-state index contributed by atoms with van der Waals surface area (Å²) < 4.78 is 13.8. The number of nitrogens with zero attached hydrogens (tertiary/aromatic N) is 3. The van der Waals surface area contributed by atoms with Crippen LogP contribution in [0.3, 0.4) is 0 Å². The highest BCUT2D eigenvalue weighted by Gasteiger charge is 2.23. The molecule has 6 heteroatoms. The monoisotopic (exact) mass is 333 g/mol. The Bertz CT molecular complexity index is 708. The molecule has 0 radical (unpaired) electrons. The molecule has 23 heavy (non-hydrogen) atoms. The van der Waals surface area contributed by atoms with Gasteiger partial charge in [-0.3, -0.25) is 4.79 Å². The van der Waals surface area contributed by atoms with Crippen molar-refractivity contribution in [3.63, 3.8) is 0 Å². The zero-order chi connectivity index (χ0) is 16.4. The zero-order valence-corrected chi connectivity index (χ0v) is 14.2. The first-order valence-electron chi connectivity index (χ1n) is 7.75. The number of halogens is 1. The van der Waals surface area contributed by atoms with Gasteiger partial charge >= 0.3 is 0 Å². The van der Waals surface area contributed by atoms with Crippen LogP contribution in [0.4, 0.5) is 10.1 Å². The molecule has 0 unspecified atom stereocenters. The van der Waals surface area contributed by atoms with Crippen molar-refractivity contribution in [2.75, 3.05) is 31.1 Å². The van der Waals surface area contributed by atoms with Crippen LogP contribution in [0.1, 0.15) is 15.6 Å². The van der Waals surface area contributed by atoms with Crippen molar-refractivity contribution in [3.05, 3.63) is 45.7 Å². The molecule has 1 aliphatic rings. The fourth-order valence-electron chi connectivity index (χ4n) is 2.89. The zero-order valence-electron chi connectivity index (χ0n) is 13.4. The fraction of sp³-hybridized carbons (Fsp3) is 0.412. The van der Waals surface area contributed by atoms with Crippen LogP contribution in [-0.2, 0) is 11.2 Å². The molecule has 2 aromatic rings. The number of carbonyl (C=O) groups is 1. The quantitative estimate of drug-likeness (QED) is 0.867. The van der Waals surface area contributed by atoms with Gasteiger partial charge in [0.05, 0.1) is 22.8 Å². The van der Waals surface area contributed by atoms with E-state index in [0.29, 0.717) is 38.3 Å². The van der Waals surface area contributed by atoms with Crippen molar-refractivity contribution in [2.24, 2.45) is 0 Å². The van der Waals surface area contributed by atoms with Crippen molar-refractivity contribution >= 4 is 22.9 Å². The molecule has 3 rings (SSSR count). The first-order valence-corrected chi connectivity index (χ1v) is 8.56. The second kappa shape index (κ2) is 6.66. The summed E-state index contributed by atoms with van der Waals surface area (Å²) in [5.74, 6) is -0.0760.